The van der Waals surface area contributed by atoms with Crippen molar-refractivity contribution in [2.24, 2.45) is 0 Å². The van der Waals surface area contributed by atoms with Crippen LogP contribution in [-0.4, -0.2) is 18.0 Å². The van der Waals surface area contributed by atoms with Gasteiger partial charge in [0.15, 0.2) is 0 Å². The van der Waals surface area contributed by atoms with Gasteiger partial charge in [-0.25, -0.2) is 13.4 Å². The summed E-state index contributed by atoms with van der Waals surface area (Å²) in [7, 11) is -3.95. The highest BCUT2D eigenvalue weighted by Gasteiger charge is 2.36. The molecule has 10 rings (SSSR count). The molecule has 5 heteroatoms. The molecule has 2 heterocycles. The second-order valence-corrected chi connectivity index (χ2v) is 14.2. The van der Waals surface area contributed by atoms with E-state index in [4.69, 9.17) is 4.98 Å². The Morgan fingerprint density at radius 1 is 0.500 bits per heavy atom. The first kappa shape index (κ1) is 27.1. The first-order valence-electron chi connectivity index (χ1n) is 16.0. The van der Waals surface area contributed by atoms with Crippen molar-refractivity contribution >= 4 is 53.2 Å². The van der Waals surface area contributed by atoms with E-state index >= 15 is 0 Å². The summed E-state index contributed by atoms with van der Waals surface area (Å²) in [5.74, 6) is 0.714. The molecule has 1 aliphatic heterocycles. The van der Waals surface area contributed by atoms with Gasteiger partial charge < -0.3 is 0 Å². The predicted molar refractivity (Wildman–Crippen MR) is 195 cm³/mol. The molecule has 0 saturated carbocycles. The molecule has 0 atom stereocenters. The van der Waals surface area contributed by atoms with E-state index < -0.39 is 9.84 Å². The molecule has 48 heavy (non-hydrogen) atoms. The van der Waals surface area contributed by atoms with Crippen molar-refractivity contribution in [1.29, 1.82) is 0 Å². The number of imidazole rings is 1. The van der Waals surface area contributed by atoms with E-state index in [1.807, 2.05) is 54.6 Å². The monoisotopic (exact) mass is 634 g/mol. The van der Waals surface area contributed by atoms with Crippen LogP contribution in [0.15, 0.2) is 168 Å². The van der Waals surface area contributed by atoms with Crippen LogP contribution in [0, 0.1) is 0 Å². The van der Waals surface area contributed by atoms with Gasteiger partial charge in [0.2, 0.25) is 9.84 Å². The van der Waals surface area contributed by atoms with Crippen LogP contribution in [0.5, 0.6) is 0 Å². The minimum absolute atomic E-state index is 0.272. The minimum Gasteiger partial charge on any atom is -0.290 e. The molecule has 0 saturated heterocycles. The van der Waals surface area contributed by atoms with Crippen molar-refractivity contribution in [3.63, 3.8) is 0 Å². The Labute approximate surface area is 277 Å². The zero-order valence-corrected chi connectivity index (χ0v) is 26.4. The lowest BCUT2D eigenvalue weighted by Gasteiger charge is -2.25. The van der Waals surface area contributed by atoms with Crippen molar-refractivity contribution in [2.75, 3.05) is 0 Å². The lowest BCUT2D eigenvalue weighted by molar-refractivity contribution is 0.595. The maximum Gasteiger partial charge on any atom is 0.211 e. The minimum atomic E-state index is -3.95. The summed E-state index contributed by atoms with van der Waals surface area (Å²) in [6, 6.07) is 52.9. The zero-order valence-electron chi connectivity index (χ0n) is 25.6. The largest absolute Gasteiger partial charge is 0.290 e. The van der Waals surface area contributed by atoms with Crippen molar-refractivity contribution in [3.8, 4) is 39.3 Å². The van der Waals surface area contributed by atoms with Crippen LogP contribution in [0.2, 0.25) is 0 Å². The standard InChI is InChI=1S/C43H26N2O2S/c46-48(47)38-23-11-21-36-41(38)45(43(44-36)30-25-24-27-12-4-5-15-29(27)26-30)37-22-10-20-35(42(37)48)40-33-18-8-6-16-31(33)39(28-13-2-1-3-14-28)32-17-7-9-19-34(32)40/h1-26H. The van der Waals surface area contributed by atoms with Crippen LogP contribution in [0.1, 0.15) is 0 Å². The van der Waals surface area contributed by atoms with Gasteiger partial charge in [-0.15, -0.1) is 0 Å². The number of aromatic nitrogens is 2. The van der Waals surface area contributed by atoms with Crippen molar-refractivity contribution < 1.29 is 8.42 Å². The highest BCUT2D eigenvalue weighted by atomic mass is 32.2. The Morgan fingerprint density at radius 2 is 1.12 bits per heavy atom. The van der Waals surface area contributed by atoms with Crippen LogP contribution in [0.25, 0.3) is 82.7 Å². The molecular formula is C43H26N2O2S. The fourth-order valence-corrected chi connectivity index (χ4v) is 9.52. The van der Waals surface area contributed by atoms with E-state index in [0.29, 0.717) is 33.0 Å². The molecule has 1 aromatic heterocycles. The van der Waals surface area contributed by atoms with Crippen molar-refractivity contribution in [1.82, 2.24) is 9.55 Å². The maximum absolute atomic E-state index is 14.9. The lowest BCUT2D eigenvalue weighted by atomic mass is 9.86. The average molecular weight is 635 g/mol. The maximum atomic E-state index is 14.9. The van der Waals surface area contributed by atoms with Gasteiger partial charge in [0.1, 0.15) is 10.7 Å². The molecule has 0 aliphatic carbocycles. The van der Waals surface area contributed by atoms with Crippen LogP contribution < -0.4 is 0 Å². The molecule has 9 aromatic rings. The highest BCUT2D eigenvalue weighted by Crippen LogP contribution is 2.49. The summed E-state index contributed by atoms with van der Waals surface area (Å²) >= 11 is 0. The quantitative estimate of drug-likeness (QED) is 0.182. The summed E-state index contributed by atoms with van der Waals surface area (Å²) in [4.78, 5) is 5.64. The number of nitrogens with zero attached hydrogens (tertiary/aromatic N) is 2. The van der Waals surface area contributed by atoms with Gasteiger partial charge in [-0.1, -0.05) is 133 Å². The van der Waals surface area contributed by atoms with E-state index in [1.165, 1.54) is 0 Å². The third kappa shape index (κ3) is 3.70. The number of benzene rings is 8. The number of hydrogen-bond donors (Lipinski definition) is 0. The fourth-order valence-electron chi connectivity index (χ4n) is 7.69. The number of para-hydroxylation sites is 1. The number of hydrogen-bond acceptors (Lipinski definition) is 3. The Bertz CT molecular complexity index is 2850. The third-order valence-corrected chi connectivity index (χ3v) is 11.6. The molecule has 0 unspecified atom stereocenters. The summed E-state index contributed by atoms with van der Waals surface area (Å²) in [5, 5.41) is 6.39. The second kappa shape index (κ2) is 9.98. The lowest BCUT2D eigenvalue weighted by Crippen LogP contribution is -2.16. The molecule has 0 spiro atoms. The van der Waals surface area contributed by atoms with Crippen LogP contribution in [0.4, 0.5) is 0 Å². The van der Waals surface area contributed by atoms with Crippen LogP contribution >= 0.6 is 0 Å². The number of sulfone groups is 1. The van der Waals surface area contributed by atoms with Gasteiger partial charge in [0, 0.05) is 11.1 Å². The Balaban J connectivity index is 1.34. The fraction of sp³-hybridized carbons (Fsp3) is 0. The Morgan fingerprint density at radius 3 is 1.85 bits per heavy atom. The molecule has 0 radical (unpaired) electrons. The first-order valence-corrected chi connectivity index (χ1v) is 17.5. The zero-order chi connectivity index (χ0) is 32.0. The molecule has 226 valence electrons. The normalized spacial score (nSPS) is 13.3. The highest BCUT2D eigenvalue weighted by molar-refractivity contribution is 7.92. The van der Waals surface area contributed by atoms with E-state index in [9.17, 15) is 8.42 Å². The molecule has 4 nitrogen and oxygen atoms in total. The van der Waals surface area contributed by atoms with E-state index in [-0.39, 0.29) is 4.90 Å². The summed E-state index contributed by atoms with van der Waals surface area (Å²) in [6.07, 6.45) is 0. The van der Waals surface area contributed by atoms with Gasteiger partial charge in [-0.05, 0) is 73.3 Å². The number of rotatable bonds is 3. The second-order valence-electron chi connectivity index (χ2n) is 12.3. The van der Waals surface area contributed by atoms with Gasteiger partial charge in [0.25, 0.3) is 0 Å². The average Bonchev–Trinajstić information content (AvgIpc) is 3.53. The van der Waals surface area contributed by atoms with Gasteiger partial charge in [0.05, 0.1) is 21.6 Å². The molecule has 0 bridgehead atoms. The number of fused-ring (bicyclic) bond motifs is 5. The van der Waals surface area contributed by atoms with E-state index in [1.54, 1.807) is 12.1 Å². The van der Waals surface area contributed by atoms with Gasteiger partial charge in [-0.2, -0.15) is 0 Å². The van der Waals surface area contributed by atoms with E-state index in [0.717, 1.165) is 54.6 Å². The Hall–Kier alpha value is -6.04. The van der Waals surface area contributed by atoms with Gasteiger partial charge >= 0.3 is 0 Å². The molecular weight excluding hydrogens is 609 g/mol. The Kier molecular flexibility index (Phi) is 5.64. The smallest absolute Gasteiger partial charge is 0.211 e. The molecule has 0 N–H and O–H groups in total. The first-order chi connectivity index (χ1) is 23.6. The van der Waals surface area contributed by atoms with E-state index in [2.05, 4.69) is 95.6 Å². The summed E-state index contributed by atoms with van der Waals surface area (Å²) < 4.78 is 31.9. The van der Waals surface area contributed by atoms with Crippen LogP contribution in [0.3, 0.4) is 0 Å². The van der Waals surface area contributed by atoms with Crippen molar-refractivity contribution in [3.05, 3.63) is 158 Å². The third-order valence-electron chi connectivity index (χ3n) is 9.70. The topological polar surface area (TPSA) is 52.0 Å². The molecule has 8 aromatic carbocycles. The summed E-state index contributed by atoms with van der Waals surface area (Å²) in [5.41, 5.74) is 6.64. The molecule has 1 aliphatic rings. The van der Waals surface area contributed by atoms with Crippen LogP contribution in [-0.2, 0) is 9.84 Å². The van der Waals surface area contributed by atoms with Gasteiger partial charge in [-0.3, -0.25) is 4.57 Å². The SMILES string of the molecule is O=S1(=O)c2c(-c3c4ccccc4c(-c4ccccc4)c4ccccc34)cccc2-n2c(-c3ccc4ccccc4c3)nc3cccc1c32. The summed E-state index contributed by atoms with van der Waals surface area (Å²) in [6.45, 7) is 0. The van der Waals surface area contributed by atoms with Crippen molar-refractivity contribution in [2.45, 2.75) is 9.79 Å². The molecule has 0 fully saturated rings. The molecule has 0 amide bonds. The predicted octanol–water partition coefficient (Wildman–Crippen LogP) is 10.6.